The number of benzene rings is 2. The first-order valence-corrected chi connectivity index (χ1v) is 11.6. The molecule has 0 atom stereocenters. The van der Waals surface area contributed by atoms with Crippen LogP contribution in [0.1, 0.15) is 37.8 Å². The van der Waals surface area contributed by atoms with Crippen LogP contribution in [0.25, 0.3) is 11.2 Å². The maximum atomic E-state index is 13.5. The highest BCUT2D eigenvalue weighted by Gasteiger charge is 2.20. The number of hydrogen-bond donors (Lipinski definition) is 1. The zero-order valence-electron chi connectivity index (χ0n) is 19.5. The van der Waals surface area contributed by atoms with Gasteiger partial charge >= 0.3 is 5.69 Å². The van der Waals surface area contributed by atoms with Crippen molar-refractivity contribution < 1.29 is 4.79 Å². The summed E-state index contributed by atoms with van der Waals surface area (Å²) in [5, 5.41) is 2.92. The summed E-state index contributed by atoms with van der Waals surface area (Å²) in [6.45, 7) is 4.31. The molecule has 0 fully saturated rings. The summed E-state index contributed by atoms with van der Waals surface area (Å²) in [6.07, 6.45) is 3.13. The van der Waals surface area contributed by atoms with Crippen molar-refractivity contribution in [3.05, 3.63) is 99.0 Å². The van der Waals surface area contributed by atoms with Gasteiger partial charge in [-0.1, -0.05) is 74.5 Å². The summed E-state index contributed by atoms with van der Waals surface area (Å²) in [5.41, 5.74) is 1.44. The molecule has 0 aliphatic heterocycles. The lowest BCUT2D eigenvalue weighted by atomic mass is 10.2. The summed E-state index contributed by atoms with van der Waals surface area (Å²) in [7, 11) is 0. The summed E-state index contributed by atoms with van der Waals surface area (Å²) in [4.78, 5) is 44.1. The van der Waals surface area contributed by atoms with Gasteiger partial charge in [0.1, 0.15) is 6.54 Å². The van der Waals surface area contributed by atoms with Crippen molar-refractivity contribution in [2.75, 3.05) is 0 Å². The molecule has 34 heavy (non-hydrogen) atoms. The van der Waals surface area contributed by atoms with Gasteiger partial charge in [-0.3, -0.25) is 14.2 Å². The first-order chi connectivity index (χ1) is 16.5. The molecule has 2 aromatic carbocycles. The lowest BCUT2D eigenvalue weighted by molar-refractivity contribution is -0.122. The van der Waals surface area contributed by atoms with E-state index in [1.54, 1.807) is 10.9 Å². The van der Waals surface area contributed by atoms with E-state index in [-0.39, 0.29) is 25.0 Å². The van der Waals surface area contributed by atoms with Crippen LogP contribution >= 0.6 is 0 Å². The highest BCUT2D eigenvalue weighted by Crippen LogP contribution is 2.12. The van der Waals surface area contributed by atoms with Crippen molar-refractivity contribution in [2.24, 2.45) is 0 Å². The van der Waals surface area contributed by atoms with Gasteiger partial charge in [0.05, 0.1) is 12.9 Å². The first-order valence-electron chi connectivity index (χ1n) is 11.6. The summed E-state index contributed by atoms with van der Waals surface area (Å²) >= 11 is 0. The molecular formula is C26H29N5O3. The van der Waals surface area contributed by atoms with Crippen LogP contribution < -0.4 is 16.6 Å². The topological polar surface area (TPSA) is 90.9 Å². The van der Waals surface area contributed by atoms with Crippen molar-refractivity contribution in [3.8, 4) is 0 Å². The number of nitrogens with one attached hydrogen (secondary N) is 1. The lowest BCUT2D eigenvalue weighted by Crippen LogP contribution is -2.46. The molecule has 4 aromatic rings. The molecule has 4 rings (SSSR count). The van der Waals surface area contributed by atoms with Crippen molar-refractivity contribution in [2.45, 2.75) is 52.4 Å². The number of fused-ring (bicyclic) bond motifs is 1. The molecule has 0 bridgehead atoms. The molecule has 0 aliphatic carbocycles. The molecule has 0 spiro atoms. The Bertz CT molecular complexity index is 1380. The van der Waals surface area contributed by atoms with Gasteiger partial charge in [-0.2, -0.15) is 0 Å². The van der Waals surface area contributed by atoms with E-state index in [0.29, 0.717) is 17.7 Å². The molecule has 0 saturated heterocycles. The minimum atomic E-state index is -0.550. The Balaban J connectivity index is 1.83. The molecule has 8 heteroatoms. The Morgan fingerprint density at radius 2 is 1.47 bits per heavy atom. The summed E-state index contributed by atoms with van der Waals surface area (Å²) in [6, 6.07) is 19.2. The minimum absolute atomic E-state index is 0.00193. The quantitative estimate of drug-likeness (QED) is 0.417. The number of amides is 1. The number of hydrogen-bond acceptors (Lipinski definition) is 4. The average molecular weight is 460 g/mol. The molecule has 0 radical (unpaired) electrons. The van der Waals surface area contributed by atoms with E-state index in [1.165, 1.54) is 4.57 Å². The monoisotopic (exact) mass is 459 g/mol. The molecule has 1 amide bonds. The smallest absolute Gasteiger partial charge is 0.333 e. The van der Waals surface area contributed by atoms with E-state index in [1.807, 2.05) is 74.5 Å². The SMILES string of the molecule is CCC(CC)NC(=O)Cn1c(=O)c2c(ncn2Cc2ccccc2)n(Cc2ccccc2)c1=O. The van der Waals surface area contributed by atoms with Crippen LogP contribution in [-0.2, 0) is 24.4 Å². The van der Waals surface area contributed by atoms with Gasteiger partial charge in [-0.05, 0) is 24.0 Å². The normalized spacial score (nSPS) is 11.3. The Labute approximate surface area is 197 Å². The highest BCUT2D eigenvalue weighted by molar-refractivity contribution is 5.77. The number of aromatic nitrogens is 4. The van der Waals surface area contributed by atoms with Crippen LogP contribution in [0.4, 0.5) is 0 Å². The maximum absolute atomic E-state index is 13.5. The fourth-order valence-electron chi connectivity index (χ4n) is 4.10. The number of carbonyl (C=O) groups excluding carboxylic acids is 1. The van der Waals surface area contributed by atoms with Gasteiger partial charge < -0.3 is 9.88 Å². The van der Waals surface area contributed by atoms with Crippen molar-refractivity contribution in [3.63, 3.8) is 0 Å². The van der Waals surface area contributed by atoms with E-state index in [2.05, 4.69) is 10.3 Å². The molecule has 2 aromatic heterocycles. The van der Waals surface area contributed by atoms with Gasteiger partial charge in [0.15, 0.2) is 11.2 Å². The zero-order chi connectivity index (χ0) is 24.1. The molecule has 2 heterocycles. The number of rotatable bonds is 9. The molecule has 0 saturated carbocycles. The molecule has 1 N–H and O–H groups in total. The van der Waals surface area contributed by atoms with E-state index in [0.717, 1.165) is 28.5 Å². The first kappa shape index (κ1) is 23.2. The Hall–Kier alpha value is -3.94. The lowest BCUT2D eigenvalue weighted by Gasteiger charge is -2.16. The molecule has 0 aliphatic rings. The Morgan fingerprint density at radius 3 is 2.06 bits per heavy atom. The molecule has 8 nitrogen and oxygen atoms in total. The van der Waals surface area contributed by atoms with Crippen LogP contribution in [0.3, 0.4) is 0 Å². The average Bonchev–Trinajstić information content (AvgIpc) is 3.27. The van der Waals surface area contributed by atoms with Crippen LogP contribution in [-0.4, -0.2) is 30.6 Å². The molecule has 176 valence electrons. The number of nitrogens with zero attached hydrogens (tertiary/aromatic N) is 4. The molecule has 0 unspecified atom stereocenters. The zero-order valence-corrected chi connectivity index (χ0v) is 19.5. The van der Waals surface area contributed by atoms with Crippen molar-refractivity contribution >= 4 is 17.1 Å². The Morgan fingerprint density at radius 1 is 0.882 bits per heavy atom. The number of imidazole rings is 1. The summed E-state index contributed by atoms with van der Waals surface area (Å²) < 4.78 is 4.23. The van der Waals surface area contributed by atoms with Gasteiger partial charge in [0.2, 0.25) is 5.91 Å². The van der Waals surface area contributed by atoms with Gasteiger partial charge in [-0.25, -0.2) is 14.3 Å². The fraction of sp³-hybridized carbons (Fsp3) is 0.308. The van der Waals surface area contributed by atoms with Gasteiger partial charge in [-0.15, -0.1) is 0 Å². The highest BCUT2D eigenvalue weighted by atomic mass is 16.2. The van der Waals surface area contributed by atoms with Crippen molar-refractivity contribution in [1.29, 1.82) is 0 Å². The van der Waals surface area contributed by atoms with Crippen LogP contribution in [0.2, 0.25) is 0 Å². The largest absolute Gasteiger partial charge is 0.352 e. The second kappa shape index (κ2) is 10.3. The predicted molar refractivity (Wildman–Crippen MR) is 132 cm³/mol. The van der Waals surface area contributed by atoms with E-state index < -0.39 is 11.2 Å². The van der Waals surface area contributed by atoms with Gasteiger partial charge in [0, 0.05) is 12.6 Å². The van der Waals surface area contributed by atoms with E-state index in [9.17, 15) is 14.4 Å². The molecular weight excluding hydrogens is 430 g/mol. The third-order valence-electron chi connectivity index (χ3n) is 6.02. The fourth-order valence-corrected chi connectivity index (χ4v) is 4.10. The third-order valence-corrected chi connectivity index (χ3v) is 6.02. The second-order valence-electron chi connectivity index (χ2n) is 8.36. The van der Waals surface area contributed by atoms with Crippen LogP contribution in [0.15, 0.2) is 76.6 Å². The standard InChI is InChI=1S/C26H29N5O3/c1-3-21(4-2)28-22(32)17-31-25(33)23-24(27-18-29(23)15-19-11-7-5-8-12-19)30(26(31)34)16-20-13-9-6-10-14-20/h5-14,18,21H,3-4,15-17H2,1-2H3,(H,28,32). The Kier molecular flexibility index (Phi) is 7.06. The van der Waals surface area contributed by atoms with E-state index >= 15 is 0 Å². The van der Waals surface area contributed by atoms with Crippen LogP contribution in [0, 0.1) is 0 Å². The predicted octanol–water partition coefficient (Wildman–Crippen LogP) is 2.76. The van der Waals surface area contributed by atoms with E-state index in [4.69, 9.17) is 0 Å². The third kappa shape index (κ3) is 4.85. The summed E-state index contributed by atoms with van der Waals surface area (Å²) in [5.74, 6) is -0.354. The number of carbonyl (C=O) groups is 1. The maximum Gasteiger partial charge on any atom is 0.333 e. The van der Waals surface area contributed by atoms with Crippen molar-refractivity contribution in [1.82, 2.24) is 24.0 Å². The van der Waals surface area contributed by atoms with Crippen LogP contribution in [0.5, 0.6) is 0 Å². The second-order valence-corrected chi connectivity index (χ2v) is 8.36. The minimum Gasteiger partial charge on any atom is -0.352 e. The van der Waals surface area contributed by atoms with Gasteiger partial charge in [0.25, 0.3) is 5.56 Å².